The van der Waals surface area contributed by atoms with Gasteiger partial charge in [0.1, 0.15) is 18.2 Å². The van der Waals surface area contributed by atoms with E-state index in [1.807, 2.05) is 0 Å². The van der Waals surface area contributed by atoms with Crippen molar-refractivity contribution in [3.63, 3.8) is 0 Å². The Morgan fingerprint density at radius 1 is 1.31 bits per heavy atom. The number of benzene rings is 1. The van der Waals surface area contributed by atoms with E-state index in [4.69, 9.17) is 10.8 Å². The summed E-state index contributed by atoms with van der Waals surface area (Å²) in [6.45, 7) is -1.51. The van der Waals surface area contributed by atoms with Crippen molar-refractivity contribution in [2.24, 2.45) is 5.73 Å². The van der Waals surface area contributed by atoms with Gasteiger partial charge in [-0.15, -0.1) is 0 Å². The molecule has 0 amide bonds. The van der Waals surface area contributed by atoms with Gasteiger partial charge in [-0.25, -0.2) is 17.6 Å². The number of rotatable bonds is 3. The van der Waals surface area contributed by atoms with Gasteiger partial charge in [-0.1, -0.05) is 0 Å². The molecule has 0 heterocycles. The van der Waals surface area contributed by atoms with Crippen LogP contribution in [-0.2, 0) is 0 Å². The molecular weight excluding hydrogens is 294 g/mol. The van der Waals surface area contributed by atoms with E-state index in [1.54, 1.807) is 0 Å². The average molecular weight is 302 g/mol. The third-order valence-corrected chi connectivity index (χ3v) is 2.65. The molecule has 0 saturated carbocycles. The summed E-state index contributed by atoms with van der Waals surface area (Å²) >= 11 is 2.73. The Kier molecular flexibility index (Phi) is 3.92. The number of aliphatic hydroxyl groups excluding tert-OH is 1. The van der Waals surface area contributed by atoms with Crippen LogP contribution < -0.4 is 5.73 Å². The summed E-state index contributed by atoms with van der Waals surface area (Å²) in [6, 6.07) is -0.750. The van der Waals surface area contributed by atoms with Gasteiger partial charge in [0.15, 0.2) is 0 Å². The first-order valence-corrected chi connectivity index (χ1v) is 4.97. The first kappa shape index (κ1) is 13.4. The van der Waals surface area contributed by atoms with Crippen LogP contribution in [0.2, 0.25) is 0 Å². The molecule has 16 heavy (non-hydrogen) atoms. The summed E-state index contributed by atoms with van der Waals surface area (Å²) in [6.07, 6.45) is 0. The zero-order valence-corrected chi connectivity index (χ0v) is 9.44. The van der Waals surface area contributed by atoms with Crippen LogP contribution in [-0.4, -0.2) is 17.6 Å². The van der Waals surface area contributed by atoms with Crippen LogP contribution in [0.4, 0.5) is 17.6 Å². The molecule has 1 rings (SSSR count). The molecule has 0 bridgehead atoms. The molecule has 0 aliphatic heterocycles. The second-order valence-corrected chi connectivity index (χ2v) is 4.04. The van der Waals surface area contributed by atoms with Crippen LogP contribution in [0.3, 0.4) is 0 Å². The normalized spacial score (nSPS) is 13.9. The van der Waals surface area contributed by atoms with Gasteiger partial charge in [-0.3, -0.25) is 0 Å². The third kappa shape index (κ3) is 2.53. The van der Waals surface area contributed by atoms with Gasteiger partial charge >= 0.3 is 0 Å². The Morgan fingerprint density at radius 2 is 1.88 bits per heavy atom. The molecule has 90 valence electrons. The summed E-state index contributed by atoms with van der Waals surface area (Å²) in [5.74, 6) is -5.76. The highest BCUT2D eigenvalue weighted by molar-refractivity contribution is 9.10. The predicted molar refractivity (Wildman–Crippen MR) is 53.0 cm³/mol. The minimum atomic E-state index is -3.67. The van der Waals surface area contributed by atoms with Crippen molar-refractivity contribution in [2.45, 2.75) is 12.0 Å². The standard InChI is InChI=1S/C9H8BrF4NO/c10-5-1-4(6(11)2-7(5)12)8(15)9(13,14)3-16/h1-2,8,16H,3,15H2/t8-/m1/s1. The molecule has 0 radical (unpaired) electrons. The first-order valence-electron chi connectivity index (χ1n) is 4.18. The largest absolute Gasteiger partial charge is 0.390 e. The lowest BCUT2D eigenvalue weighted by Gasteiger charge is -2.22. The van der Waals surface area contributed by atoms with Gasteiger partial charge in [-0.05, 0) is 22.0 Å². The Balaban J connectivity index is 3.19. The maximum absolute atomic E-state index is 13.2. The van der Waals surface area contributed by atoms with Crippen LogP contribution in [0.1, 0.15) is 11.6 Å². The van der Waals surface area contributed by atoms with Gasteiger partial charge in [0.2, 0.25) is 0 Å². The minimum Gasteiger partial charge on any atom is -0.390 e. The minimum absolute atomic E-state index is 0.173. The first-order chi connectivity index (χ1) is 7.29. The fourth-order valence-electron chi connectivity index (χ4n) is 1.10. The van der Waals surface area contributed by atoms with E-state index >= 15 is 0 Å². The summed E-state index contributed by atoms with van der Waals surface area (Å²) < 4.78 is 51.8. The molecule has 0 spiro atoms. The van der Waals surface area contributed by atoms with Crippen molar-refractivity contribution >= 4 is 15.9 Å². The Labute approximate surface area is 97.2 Å². The Morgan fingerprint density at radius 3 is 2.38 bits per heavy atom. The summed E-state index contributed by atoms with van der Waals surface area (Å²) in [4.78, 5) is 0. The molecule has 0 aromatic heterocycles. The average Bonchev–Trinajstić information content (AvgIpc) is 2.22. The molecule has 1 atom stereocenters. The number of hydrogen-bond acceptors (Lipinski definition) is 2. The number of aliphatic hydroxyl groups is 1. The summed E-state index contributed by atoms with van der Waals surface area (Å²) in [7, 11) is 0. The highest BCUT2D eigenvalue weighted by Crippen LogP contribution is 2.32. The van der Waals surface area contributed by atoms with E-state index in [1.165, 1.54) is 0 Å². The second-order valence-electron chi connectivity index (χ2n) is 3.18. The van der Waals surface area contributed by atoms with Crippen molar-refractivity contribution in [3.05, 3.63) is 33.8 Å². The third-order valence-electron chi connectivity index (χ3n) is 2.04. The summed E-state index contributed by atoms with van der Waals surface area (Å²) in [5.41, 5.74) is 4.55. The van der Waals surface area contributed by atoms with Crippen molar-refractivity contribution in [3.8, 4) is 0 Å². The number of nitrogens with two attached hydrogens (primary N) is 1. The second kappa shape index (κ2) is 4.68. The van der Waals surface area contributed by atoms with Crippen LogP contribution in [0.25, 0.3) is 0 Å². The highest BCUT2D eigenvalue weighted by atomic mass is 79.9. The van der Waals surface area contributed by atoms with Gasteiger partial charge in [0.25, 0.3) is 5.92 Å². The van der Waals surface area contributed by atoms with E-state index in [-0.39, 0.29) is 4.47 Å². The quantitative estimate of drug-likeness (QED) is 0.665. The van der Waals surface area contributed by atoms with E-state index in [9.17, 15) is 17.6 Å². The molecule has 0 aliphatic rings. The van der Waals surface area contributed by atoms with Crippen LogP contribution in [0, 0.1) is 11.6 Å². The fraction of sp³-hybridized carbons (Fsp3) is 0.333. The zero-order chi connectivity index (χ0) is 12.5. The maximum atomic E-state index is 13.2. The van der Waals surface area contributed by atoms with Gasteiger partial charge in [0.05, 0.1) is 10.5 Å². The molecule has 1 aromatic rings. The molecule has 1 aromatic carbocycles. The molecule has 0 aliphatic carbocycles. The number of alkyl halides is 2. The van der Waals surface area contributed by atoms with Crippen LogP contribution >= 0.6 is 15.9 Å². The lowest BCUT2D eigenvalue weighted by Crippen LogP contribution is -2.36. The van der Waals surface area contributed by atoms with Crippen molar-refractivity contribution in [1.29, 1.82) is 0 Å². The Hall–Kier alpha value is -0.660. The Bertz CT molecular complexity index is 399. The fourth-order valence-corrected chi connectivity index (χ4v) is 1.46. The van der Waals surface area contributed by atoms with Gasteiger partial charge < -0.3 is 10.8 Å². The molecule has 3 N–H and O–H groups in total. The molecule has 2 nitrogen and oxygen atoms in total. The topological polar surface area (TPSA) is 46.2 Å². The van der Waals surface area contributed by atoms with E-state index in [0.29, 0.717) is 6.07 Å². The number of hydrogen-bond donors (Lipinski definition) is 2. The van der Waals surface area contributed by atoms with E-state index in [0.717, 1.165) is 6.07 Å². The van der Waals surface area contributed by atoms with Crippen molar-refractivity contribution < 1.29 is 22.7 Å². The van der Waals surface area contributed by atoms with E-state index < -0.39 is 35.8 Å². The maximum Gasteiger partial charge on any atom is 0.289 e. The van der Waals surface area contributed by atoms with E-state index in [2.05, 4.69) is 15.9 Å². The van der Waals surface area contributed by atoms with Crippen molar-refractivity contribution in [2.75, 3.05) is 6.61 Å². The molecule has 0 fully saturated rings. The zero-order valence-electron chi connectivity index (χ0n) is 7.85. The van der Waals surface area contributed by atoms with Gasteiger partial charge in [-0.2, -0.15) is 0 Å². The molecule has 7 heteroatoms. The van der Waals surface area contributed by atoms with Crippen LogP contribution in [0.15, 0.2) is 16.6 Å². The number of halogens is 5. The molecule has 0 saturated heterocycles. The highest BCUT2D eigenvalue weighted by Gasteiger charge is 2.39. The smallest absolute Gasteiger partial charge is 0.289 e. The van der Waals surface area contributed by atoms with Gasteiger partial charge in [0, 0.05) is 11.6 Å². The van der Waals surface area contributed by atoms with Crippen molar-refractivity contribution in [1.82, 2.24) is 0 Å². The molecular formula is C9H8BrF4NO. The summed E-state index contributed by atoms with van der Waals surface area (Å²) in [5, 5.41) is 8.40. The SMILES string of the molecule is N[C@H](c1cc(Br)c(F)cc1F)C(F)(F)CO. The lowest BCUT2D eigenvalue weighted by atomic mass is 10.0. The molecule has 0 unspecified atom stereocenters. The van der Waals surface area contributed by atoms with Crippen LogP contribution in [0.5, 0.6) is 0 Å². The monoisotopic (exact) mass is 301 g/mol. The lowest BCUT2D eigenvalue weighted by molar-refractivity contribution is -0.0719. The predicted octanol–water partition coefficient (Wildman–Crippen LogP) is 2.35.